The van der Waals surface area contributed by atoms with Gasteiger partial charge in [0.1, 0.15) is 5.92 Å². The summed E-state index contributed by atoms with van der Waals surface area (Å²) in [7, 11) is 1.28. The number of ether oxygens (including phenoxy) is 2. The SMILES string of the molecule is COC(=O)[C@H]1C(=O)N2c3ccccc3C(=O)O[C@H]2C[C@@H]1c1cccc(C)c1. The zero-order chi connectivity index (χ0) is 19.1. The molecule has 6 heteroatoms. The minimum atomic E-state index is -0.988. The lowest BCUT2D eigenvalue weighted by atomic mass is 9.78. The van der Waals surface area contributed by atoms with Crippen molar-refractivity contribution >= 4 is 23.5 Å². The minimum absolute atomic E-state index is 0.319. The number of carbonyl (C=O) groups is 3. The summed E-state index contributed by atoms with van der Waals surface area (Å²) in [4.78, 5) is 39.6. The fourth-order valence-corrected chi connectivity index (χ4v) is 3.96. The molecular weight excluding hydrogens is 346 g/mol. The van der Waals surface area contributed by atoms with Crippen molar-refractivity contribution in [2.45, 2.75) is 25.5 Å². The highest BCUT2D eigenvalue weighted by Crippen LogP contribution is 2.43. The van der Waals surface area contributed by atoms with Crippen LogP contribution >= 0.6 is 0 Å². The Morgan fingerprint density at radius 2 is 1.93 bits per heavy atom. The van der Waals surface area contributed by atoms with Gasteiger partial charge in [-0.1, -0.05) is 42.0 Å². The summed E-state index contributed by atoms with van der Waals surface area (Å²) < 4.78 is 10.5. The van der Waals surface area contributed by atoms with Crippen LogP contribution in [0.25, 0.3) is 0 Å². The summed E-state index contributed by atoms with van der Waals surface area (Å²) in [6.45, 7) is 1.95. The lowest BCUT2D eigenvalue weighted by molar-refractivity contribution is -0.153. The topological polar surface area (TPSA) is 72.9 Å². The third-order valence-corrected chi connectivity index (χ3v) is 5.20. The van der Waals surface area contributed by atoms with E-state index in [2.05, 4.69) is 0 Å². The molecule has 0 saturated carbocycles. The van der Waals surface area contributed by atoms with Gasteiger partial charge in [0.15, 0.2) is 6.23 Å². The van der Waals surface area contributed by atoms with Crippen molar-refractivity contribution in [2.75, 3.05) is 12.0 Å². The van der Waals surface area contributed by atoms with Gasteiger partial charge in [-0.25, -0.2) is 4.79 Å². The summed E-state index contributed by atoms with van der Waals surface area (Å²) >= 11 is 0. The van der Waals surface area contributed by atoms with E-state index in [4.69, 9.17) is 9.47 Å². The molecule has 2 aromatic carbocycles. The second-order valence-corrected chi connectivity index (χ2v) is 6.84. The Morgan fingerprint density at radius 1 is 1.15 bits per heavy atom. The predicted molar refractivity (Wildman–Crippen MR) is 97.2 cm³/mol. The Morgan fingerprint density at radius 3 is 2.67 bits per heavy atom. The first-order chi connectivity index (χ1) is 13.0. The Bertz CT molecular complexity index is 938. The van der Waals surface area contributed by atoms with E-state index in [1.807, 2.05) is 31.2 Å². The molecule has 27 heavy (non-hydrogen) atoms. The smallest absolute Gasteiger partial charge is 0.342 e. The fraction of sp³-hybridized carbons (Fsp3) is 0.286. The van der Waals surface area contributed by atoms with E-state index in [9.17, 15) is 14.4 Å². The normalized spacial score (nSPS) is 23.9. The van der Waals surface area contributed by atoms with Crippen molar-refractivity contribution in [2.24, 2.45) is 5.92 Å². The molecule has 0 aromatic heterocycles. The first-order valence-corrected chi connectivity index (χ1v) is 8.78. The average Bonchev–Trinajstić information content (AvgIpc) is 2.67. The van der Waals surface area contributed by atoms with Crippen molar-refractivity contribution in [1.82, 2.24) is 0 Å². The van der Waals surface area contributed by atoms with Crippen molar-refractivity contribution in [1.29, 1.82) is 0 Å². The van der Waals surface area contributed by atoms with E-state index in [0.29, 0.717) is 17.7 Å². The summed E-state index contributed by atoms with van der Waals surface area (Å²) in [5, 5.41) is 0. The molecule has 6 nitrogen and oxygen atoms in total. The number of hydrogen-bond acceptors (Lipinski definition) is 5. The molecule has 1 saturated heterocycles. The van der Waals surface area contributed by atoms with Crippen LogP contribution in [0.15, 0.2) is 48.5 Å². The van der Waals surface area contributed by atoms with Crippen LogP contribution in [0.2, 0.25) is 0 Å². The standard InChI is InChI=1S/C21H19NO5/c1-12-6-5-7-13(10-12)15-11-17-22(19(23)18(15)21(25)26-2)16-9-4-3-8-14(16)20(24)27-17/h3-10,15,17-18H,11H2,1-2H3/t15-,17+,18-/m1/s1. The quantitative estimate of drug-likeness (QED) is 0.604. The summed E-state index contributed by atoms with van der Waals surface area (Å²) in [5.74, 6) is -2.87. The molecule has 2 heterocycles. The third-order valence-electron chi connectivity index (χ3n) is 5.20. The van der Waals surface area contributed by atoms with E-state index in [-0.39, 0.29) is 0 Å². The van der Waals surface area contributed by atoms with Gasteiger partial charge < -0.3 is 9.47 Å². The molecule has 138 valence electrons. The maximum absolute atomic E-state index is 13.3. The molecule has 0 aliphatic carbocycles. The van der Waals surface area contributed by atoms with E-state index in [1.54, 1.807) is 24.3 Å². The number of methoxy groups -OCH3 is 1. The molecule has 0 radical (unpaired) electrons. The largest absolute Gasteiger partial charge is 0.468 e. The van der Waals surface area contributed by atoms with Gasteiger partial charge in [-0.05, 0) is 24.6 Å². The highest BCUT2D eigenvalue weighted by atomic mass is 16.6. The number of hydrogen-bond donors (Lipinski definition) is 0. The molecule has 4 rings (SSSR count). The number of anilines is 1. The molecule has 0 spiro atoms. The molecule has 0 unspecified atom stereocenters. The van der Waals surface area contributed by atoms with Gasteiger partial charge in [0, 0.05) is 12.3 Å². The number of esters is 2. The van der Waals surface area contributed by atoms with Crippen LogP contribution in [0.5, 0.6) is 0 Å². The number of aryl methyl sites for hydroxylation is 1. The average molecular weight is 365 g/mol. The van der Waals surface area contributed by atoms with E-state index in [0.717, 1.165) is 11.1 Å². The minimum Gasteiger partial charge on any atom is -0.468 e. The molecule has 1 amide bonds. The zero-order valence-electron chi connectivity index (χ0n) is 15.0. The highest BCUT2D eigenvalue weighted by Gasteiger charge is 2.51. The predicted octanol–water partition coefficient (Wildman–Crippen LogP) is 2.80. The molecule has 0 bridgehead atoms. The van der Waals surface area contributed by atoms with Gasteiger partial charge in [-0.15, -0.1) is 0 Å². The van der Waals surface area contributed by atoms with Gasteiger partial charge in [-0.2, -0.15) is 0 Å². The first-order valence-electron chi connectivity index (χ1n) is 8.78. The van der Waals surface area contributed by atoms with Crippen LogP contribution in [-0.2, 0) is 19.1 Å². The lowest BCUT2D eigenvalue weighted by Crippen LogP contribution is -2.57. The molecule has 2 aliphatic heterocycles. The lowest BCUT2D eigenvalue weighted by Gasteiger charge is -2.44. The number of piperidine rings is 1. The van der Waals surface area contributed by atoms with Crippen LogP contribution in [-0.4, -0.2) is 31.2 Å². The second-order valence-electron chi connectivity index (χ2n) is 6.84. The third kappa shape index (κ3) is 2.77. The monoisotopic (exact) mass is 365 g/mol. The number of amides is 1. The Labute approximate surface area is 156 Å². The number of para-hydroxylation sites is 1. The van der Waals surface area contributed by atoms with E-state index < -0.39 is 35.9 Å². The van der Waals surface area contributed by atoms with Crippen LogP contribution in [0.3, 0.4) is 0 Å². The Balaban J connectivity index is 1.81. The van der Waals surface area contributed by atoms with E-state index >= 15 is 0 Å². The van der Waals surface area contributed by atoms with Gasteiger partial charge in [0.2, 0.25) is 5.91 Å². The second kappa shape index (κ2) is 6.54. The van der Waals surface area contributed by atoms with Crippen LogP contribution < -0.4 is 4.90 Å². The van der Waals surface area contributed by atoms with Gasteiger partial charge in [-0.3, -0.25) is 14.5 Å². The van der Waals surface area contributed by atoms with Crippen molar-refractivity contribution in [3.63, 3.8) is 0 Å². The first kappa shape index (κ1) is 17.3. The molecular formula is C21H19NO5. The number of rotatable bonds is 2. The van der Waals surface area contributed by atoms with Crippen LogP contribution in [0, 0.1) is 12.8 Å². The van der Waals surface area contributed by atoms with Crippen LogP contribution in [0.4, 0.5) is 5.69 Å². The van der Waals surface area contributed by atoms with Crippen LogP contribution in [0.1, 0.15) is 33.8 Å². The number of benzene rings is 2. The maximum atomic E-state index is 13.3. The maximum Gasteiger partial charge on any atom is 0.342 e. The molecule has 1 fully saturated rings. The fourth-order valence-electron chi connectivity index (χ4n) is 3.96. The number of carbonyl (C=O) groups excluding carboxylic acids is 3. The van der Waals surface area contributed by atoms with Crippen molar-refractivity contribution in [3.05, 3.63) is 65.2 Å². The van der Waals surface area contributed by atoms with Gasteiger partial charge in [0.25, 0.3) is 0 Å². The van der Waals surface area contributed by atoms with Gasteiger partial charge >= 0.3 is 11.9 Å². The highest BCUT2D eigenvalue weighted by molar-refractivity contribution is 6.12. The number of nitrogens with zero attached hydrogens (tertiary/aromatic N) is 1. The van der Waals surface area contributed by atoms with E-state index in [1.165, 1.54) is 12.0 Å². The molecule has 0 N–H and O–H groups in total. The Hall–Kier alpha value is -3.15. The summed E-state index contributed by atoms with van der Waals surface area (Å²) in [5.41, 5.74) is 2.67. The number of fused-ring (bicyclic) bond motifs is 3. The van der Waals surface area contributed by atoms with Crippen molar-refractivity contribution < 1.29 is 23.9 Å². The summed E-state index contributed by atoms with van der Waals surface area (Å²) in [6.07, 6.45) is -0.416. The molecule has 3 atom stereocenters. The Kier molecular flexibility index (Phi) is 4.18. The zero-order valence-corrected chi connectivity index (χ0v) is 15.0. The summed E-state index contributed by atoms with van der Waals surface area (Å²) in [6, 6.07) is 14.4. The van der Waals surface area contributed by atoms with Crippen molar-refractivity contribution in [3.8, 4) is 0 Å². The molecule has 2 aromatic rings. The molecule has 2 aliphatic rings. The van der Waals surface area contributed by atoms with Gasteiger partial charge in [0.05, 0.1) is 18.4 Å².